The number of fused-ring (bicyclic) bond motifs is 1. The summed E-state index contributed by atoms with van der Waals surface area (Å²) in [6.45, 7) is 3.19. The Labute approximate surface area is 148 Å². The van der Waals surface area contributed by atoms with Gasteiger partial charge in [0, 0.05) is 42.6 Å². The highest BCUT2D eigenvalue weighted by atomic mass is 16.2. The molecule has 0 aliphatic carbocycles. The minimum Gasteiger partial charge on any atom is -0.398 e. The molecule has 0 unspecified atom stereocenters. The second-order valence-electron chi connectivity index (χ2n) is 6.31. The molecule has 1 heterocycles. The molecule has 1 aliphatic heterocycles. The van der Waals surface area contributed by atoms with Crippen molar-refractivity contribution in [3.8, 4) is 0 Å². The van der Waals surface area contributed by atoms with Crippen molar-refractivity contribution in [3.05, 3.63) is 59.2 Å². The summed E-state index contributed by atoms with van der Waals surface area (Å²) in [6.07, 6.45) is 1.76. The van der Waals surface area contributed by atoms with E-state index in [-0.39, 0.29) is 11.8 Å². The molecule has 1 aliphatic rings. The highest BCUT2D eigenvalue weighted by molar-refractivity contribution is 6.08. The van der Waals surface area contributed by atoms with Gasteiger partial charge in [-0.05, 0) is 55.7 Å². The molecule has 0 atom stereocenters. The topological polar surface area (TPSA) is 66.6 Å². The molecule has 0 spiro atoms. The molecule has 2 N–H and O–H groups in total. The van der Waals surface area contributed by atoms with Gasteiger partial charge in [0.1, 0.15) is 0 Å². The zero-order valence-corrected chi connectivity index (χ0v) is 14.7. The smallest absolute Gasteiger partial charge is 0.258 e. The van der Waals surface area contributed by atoms with Crippen molar-refractivity contribution in [2.24, 2.45) is 0 Å². The molecule has 2 aromatic rings. The van der Waals surface area contributed by atoms with Crippen LogP contribution in [0.4, 0.5) is 11.4 Å². The first-order valence-corrected chi connectivity index (χ1v) is 8.57. The van der Waals surface area contributed by atoms with Gasteiger partial charge in [-0.15, -0.1) is 0 Å². The van der Waals surface area contributed by atoms with E-state index in [4.69, 9.17) is 5.73 Å². The molecule has 2 aromatic carbocycles. The molecule has 0 bridgehead atoms. The van der Waals surface area contributed by atoms with Crippen molar-refractivity contribution in [2.45, 2.75) is 19.8 Å². The van der Waals surface area contributed by atoms with Crippen LogP contribution in [0.3, 0.4) is 0 Å². The van der Waals surface area contributed by atoms with Crippen LogP contribution < -0.4 is 10.6 Å². The predicted molar refractivity (Wildman–Crippen MR) is 99.9 cm³/mol. The summed E-state index contributed by atoms with van der Waals surface area (Å²) >= 11 is 0. The number of nitrogens with zero attached hydrogens (tertiary/aromatic N) is 2. The summed E-state index contributed by atoms with van der Waals surface area (Å²) < 4.78 is 0. The molecule has 130 valence electrons. The van der Waals surface area contributed by atoms with E-state index < -0.39 is 0 Å². The van der Waals surface area contributed by atoms with E-state index >= 15 is 0 Å². The van der Waals surface area contributed by atoms with Crippen LogP contribution >= 0.6 is 0 Å². The van der Waals surface area contributed by atoms with Crippen molar-refractivity contribution in [1.29, 1.82) is 0 Å². The molecular formula is C20H23N3O2. The van der Waals surface area contributed by atoms with E-state index in [1.807, 2.05) is 25.1 Å². The number of amides is 2. The minimum absolute atomic E-state index is 0.0829. The second-order valence-corrected chi connectivity index (χ2v) is 6.31. The predicted octanol–water partition coefficient (Wildman–Crippen LogP) is 2.95. The molecule has 0 saturated carbocycles. The maximum absolute atomic E-state index is 13.0. The van der Waals surface area contributed by atoms with Gasteiger partial charge < -0.3 is 15.5 Å². The molecule has 2 amide bonds. The van der Waals surface area contributed by atoms with Gasteiger partial charge in [-0.1, -0.05) is 12.1 Å². The van der Waals surface area contributed by atoms with E-state index in [1.54, 1.807) is 41.1 Å². The summed E-state index contributed by atoms with van der Waals surface area (Å²) in [5.41, 5.74) is 9.74. The van der Waals surface area contributed by atoms with Crippen LogP contribution in [-0.2, 0) is 6.42 Å². The normalized spacial score (nSPS) is 13.3. The summed E-state index contributed by atoms with van der Waals surface area (Å²) in [7, 11) is 1.75. The zero-order chi connectivity index (χ0) is 18.0. The van der Waals surface area contributed by atoms with Crippen LogP contribution in [0.1, 0.15) is 39.6 Å². The number of hydrogen-bond donors (Lipinski definition) is 1. The first-order chi connectivity index (χ1) is 12.0. The maximum Gasteiger partial charge on any atom is 0.258 e. The number of anilines is 2. The number of benzene rings is 2. The van der Waals surface area contributed by atoms with Crippen LogP contribution in [0.25, 0.3) is 0 Å². The average molecular weight is 337 g/mol. The second kappa shape index (κ2) is 6.97. The Balaban J connectivity index is 1.93. The summed E-state index contributed by atoms with van der Waals surface area (Å²) in [4.78, 5) is 28.8. The quantitative estimate of drug-likeness (QED) is 0.876. The molecular weight excluding hydrogens is 314 g/mol. The lowest BCUT2D eigenvalue weighted by molar-refractivity contribution is 0.0802. The van der Waals surface area contributed by atoms with Crippen molar-refractivity contribution in [1.82, 2.24) is 4.90 Å². The molecule has 0 radical (unpaired) electrons. The number of carbonyl (C=O) groups excluding carboxylic acids is 2. The summed E-state index contributed by atoms with van der Waals surface area (Å²) in [5.74, 6) is -0.180. The molecule has 25 heavy (non-hydrogen) atoms. The number of carbonyl (C=O) groups is 2. The Hall–Kier alpha value is -2.82. The van der Waals surface area contributed by atoms with E-state index in [2.05, 4.69) is 0 Å². The fraction of sp³-hybridized carbons (Fsp3) is 0.300. The largest absolute Gasteiger partial charge is 0.398 e. The monoisotopic (exact) mass is 337 g/mol. The molecule has 0 fully saturated rings. The van der Waals surface area contributed by atoms with Crippen LogP contribution in [0.15, 0.2) is 42.5 Å². The SMILES string of the molecule is CCN(C)C(=O)c1cccc(C(=O)N2CCCc3c(N)cccc32)c1. The fourth-order valence-corrected chi connectivity index (χ4v) is 3.17. The fourth-order valence-electron chi connectivity index (χ4n) is 3.17. The minimum atomic E-state index is -0.0969. The lowest BCUT2D eigenvalue weighted by atomic mass is 9.98. The van der Waals surface area contributed by atoms with Gasteiger partial charge in [0.15, 0.2) is 0 Å². The molecule has 3 rings (SSSR count). The lowest BCUT2D eigenvalue weighted by Crippen LogP contribution is -2.36. The summed E-state index contributed by atoms with van der Waals surface area (Å²) in [6, 6.07) is 12.6. The Kier molecular flexibility index (Phi) is 4.74. The van der Waals surface area contributed by atoms with Gasteiger partial charge >= 0.3 is 0 Å². The third-order valence-electron chi connectivity index (χ3n) is 4.71. The number of rotatable bonds is 3. The van der Waals surface area contributed by atoms with Crippen LogP contribution in [0.5, 0.6) is 0 Å². The standard InChI is InChI=1S/C20H23N3O2/c1-3-22(2)19(24)14-7-4-8-15(13-14)20(25)23-12-6-9-16-17(21)10-5-11-18(16)23/h4-5,7-8,10-11,13H,3,6,9,12,21H2,1-2H3. The number of nitrogens with two attached hydrogens (primary N) is 1. The number of nitrogen functional groups attached to an aromatic ring is 1. The Morgan fingerprint density at radius 2 is 1.88 bits per heavy atom. The number of hydrogen-bond acceptors (Lipinski definition) is 3. The Bertz CT molecular complexity index is 816. The summed E-state index contributed by atoms with van der Waals surface area (Å²) in [5, 5.41) is 0. The van der Waals surface area contributed by atoms with Gasteiger partial charge in [-0.3, -0.25) is 9.59 Å². The van der Waals surface area contributed by atoms with Gasteiger partial charge in [0.2, 0.25) is 0 Å². The van der Waals surface area contributed by atoms with E-state index in [0.29, 0.717) is 24.2 Å². The first kappa shape index (κ1) is 17.0. The maximum atomic E-state index is 13.0. The molecule has 5 nitrogen and oxygen atoms in total. The van der Waals surface area contributed by atoms with Gasteiger partial charge in [0.25, 0.3) is 11.8 Å². The first-order valence-electron chi connectivity index (χ1n) is 8.57. The van der Waals surface area contributed by atoms with E-state index in [1.165, 1.54) is 0 Å². The van der Waals surface area contributed by atoms with Crippen LogP contribution in [-0.4, -0.2) is 36.9 Å². The Morgan fingerprint density at radius 3 is 2.64 bits per heavy atom. The van der Waals surface area contributed by atoms with Crippen LogP contribution in [0.2, 0.25) is 0 Å². The van der Waals surface area contributed by atoms with E-state index in [0.717, 1.165) is 29.8 Å². The van der Waals surface area contributed by atoms with E-state index in [9.17, 15) is 9.59 Å². The van der Waals surface area contributed by atoms with Gasteiger partial charge in [-0.2, -0.15) is 0 Å². The van der Waals surface area contributed by atoms with Crippen molar-refractivity contribution in [3.63, 3.8) is 0 Å². The average Bonchev–Trinajstić information content (AvgIpc) is 2.66. The third-order valence-corrected chi connectivity index (χ3v) is 4.71. The highest BCUT2D eigenvalue weighted by Crippen LogP contribution is 2.32. The molecule has 0 aromatic heterocycles. The van der Waals surface area contributed by atoms with Crippen molar-refractivity contribution < 1.29 is 9.59 Å². The lowest BCUT2D eigenvalue weighted by Gasteiger charge is -2.30. The molecule has 5 heteroatoms. The van der Waals surface area contributed by atoms with Crippen molar-refractivity contribution >= 4 is 23.2 Å². The third kappa shape index (κ3) is 3.22. The van der Waals surface area contributed by atoms with Crippen LogP contribution in [0, 0.1) is 0 Å². The zero-order valence-electron chi connectivity index (χ0n) is 14.7. The Morgan fingerprint density at radius 1 is 1.16 bits per heavy atom. The highest BCUT2D eigenvalue weighted by Gasteiger charge is 2.25. The van der Waals surface area contributed by atoms with Crippen molar-refractivity contribution in [2.75, 3.05) is 30.8 Å². The van der Waals surface area contributed by atoms with Gasteiger partial charge in [-0.25, -0.2) is 0 Å². The van der Waals surface area contributed by atoms with Gasteiger partial charge in [0.05, 0.1) is 0 Å². The molecule has 0 saturated heterocycles.